The zero-order valence-electron chi connectivity index (χ0n) is 11.0. The first kappa shape index (κ1) is 14.7. The topological polar surface area (TPSA) is 83.7 Å². The maximum absolute atomic E-state index is 13.4. The molecule has 1 amide bonds. The van der Waals surface area contributed by atoms with E-state index in [1.54, 1.807) is 7.05 Å². The minimum absolute atomic E-state index is 0.115. The number of benzene rings is 1. The minimum Gasteiger partial charge on any atom is -0.396 e. The summed E-state index contributed by atoms with van der Waals surface area (Å²) >= 11 is 0. The highest BCUT2D eigenvalue weighted by atomic mass is 32.2. The number of amides is 1. The Labute approximate surface area is 117 Å². The van der Waals surface area contributed by atoms with Gasteiger partial charge in [0.15, 0.2) is 0 Å². The molecule has 1 aliphatic rings. The maximum atomic E-state index is 13.4. The predicted molar refractivity (Wildman–Crippen MR) is 71.8 cm³/mol. The molecule has 1 aromatic carbocycles. The maximum Gasteiger partial charge on any atom is 0.243 e. The third-order valence-corrected chi connectivity index (χ3v) is 5.09. The second-order valence-electron chi connectivity index (χ2n) is 4.69. The van der Waals surface area contributed by atoms with E-state index >= 15 is 0 Å². The number of nitrogen functional groups attached to an aromatic ring is 1. The lowest BCUT2D eigenvalue weighted by Crippen LogP contribution is -2.38. The molecule has 1 fully saturated rings. The summed E-state index contributed by atoms with van der Waals surface area (Å²) in [7, 11) is -2.26. The summed E-state index contributed by atoms with van der Waals surface area (Å²) in [5.41, 5.74) is 5.22. The number of rotatable bonds is 2. The van der Waals surface area contributed by atoms with Gasteiger partial charge in [0.1, 0.15) is 5.82 Å². The number of halogens is 1. The van der Waals surface area contributed by atoms with Gasteiger partial charge in [0.2, 0.25) is 15.9 Å². The van der Waals surface area contributed by atoms with Gasteiger partial charge in [0.05, 0.1) is 17.1 Å². The van der Waals surface area contributed by atoms with Gasteiger partial charge in [-0.25, -0.2) is 12.8 Å². The normalized spacial score (nSPS) is 18.1. The van der Waals surface area contributed by atoms with Crippen molar-refractivity contribution in [2.45, 2.75) is 11.3 Å². The van der Waals surface area contributed by atoms with Crippen LogP contribution >= 0.6 is 0 Å². The molecule has 2 rings (SSSR count). The molecule has 1 aromatic rings. The van der Waals surface area contributed by atoms with Crippen LogP contribution < -0.4 is 5.73 Å². The second kappa shape index (κ2) is 5.37. The number of carbonyl (C=O) groups is 1. The fourth-order valence-corrected chi connectivity index (χ4v) is 3.42. The van der Waals surface area contributed by atoms with Gasteiger partial charge in [-0.3, -0.25) is 4.79 Å². The number of hydrogen-bond donors (Lipinski definition) is 1. The fourth-order valence-electron chi connectivity index (χ4n) is 1.98. The third-order valence-electron chi connectivity index (χ3n) is 3.25. The molecule has 110 valence electrons. The average Bonchev–Trinajstić information content (AvgIpc) is 2.56. The number of hydrogen-bond acceptors (Lipinski definition) is 4. The van der Waals surface area contributed by atoms with Crippen molar-refractivity contribution in [3.8, 4) is 0 Å². The molecular weight excluding hydrogens is 285 g/mol. The van der Waals surface area contributed by atoms with Crippen molar-refractivity contribution >= 4 is 21.6 Å². The SMILES string of the molecule is CN1CCCN(S(=O)(=O)c2ccc(N)c(F)c2)CC1=O. The molecule has 0 unspecified atom stereocenters. The molecule has 0 aromatic heterocycles. The second-order valence-corrected chi connectivity index (χ2v) is 6.63. The van der Waals surface area contributed by atoms with Crippen LogP contribution in [0.15, 0.2) is 23.1 Å². The molecule has 0 bridgehead atoms. The van der Waals surface area contributed by atoms with Crippen molar-refractivity contribution in [1.29, 1.82) is 0 Å². The van der Waals surface area contributed by atoms with Crippen LogP contribution in [0.4, 0.5) is 10.1 Å². The Morgan fingerprint density at radius 1 is 1.30 bits per heavy atom. The first-order valence-corrected chi connectivity index (χ1v) is 7.55. The molecule has 6 nitrogen and oxygen atoms in total. The lowest BCUT2D eigenvalue weighted by molar-refractivity contribution is -0.129. The van der Waals surface area contributed by atoms with Crippen molar-refractivity contribution in [3.05, 3.63) is 24.0 Å². The molecule has 1 heterocycles. The number of likely N-dealkylation sites (N-methyl/N-ethyl adjacent to an activating group) is 1. The van der Waals surface area contributed by atoms with E-state index in [0.29, 0.717) is 13.0 Å². The zero-order chi connectivity index (χ0) is 14.9. The number of carbonyl (C=O) groups excluding carboxylic acids is 1. The first-order valence-electron chi connectivity index (χ1n) is 6.11. The van der Waals surface area contributed by atoms with Crippen LogP contribution in [0.25, 0.3) is 0 Å². The molecule has 20 heavy (non-hydrogen) atoms. The molecule has 0 atom stereocenters. The van der Waals surface area contributed by atoms with E-state index in [0.717, 1.165) is 10.4 Å². The minimum atomic E-state index is -3.89. The van der Waals surface area contributed by atoms with Crippen LogP contribution in [0.1, 0.15) is 6.42 Å². The van der Waals surface area contributed by atoms with Gasteiger partial charge >= 0.3 is 0 Å². The van der Waals surface area contributed by atoms with Crippen LogP contribution in [0.3, 0.4) is 0 Å². The van der Waals surface area contributed by atoms with E-state index in [9.17, 15) is 17.6 Å². The fraction of sp³-hybridized carbons (Fsp3) is 0.417. The lowest BCUT2D eigenvalue weighted by atomic mass is 10.3. The summed E-state index contributed by atoms with van der Waals surface area (Å²) in [5.74, 6) is -1.06. The molecule has 0 saturated carbocycles. The molecule has 1 aliphatic heterocycles. The van der Waals surface area contributed by atoms with E-state index in [2.05, 4.69) is 0 Å². The monoisotopic (exact) mass is 301 g/mol. The van der Waals surface area contributed by atoms with Gasteiger partial charge in [0, 0.05) is 20.1 Å². The van der Waals surface area contributed by atoms with Gasteiger partial charge in [-0.1, -0.05) is 0 Å². The number of nitrogens with zero attached hydrogens (tertiary/aromatic N) is 2. The number of anilines is 1. The largest absolute Gasteiger partial charge is 0.396 e. The molecule has 8 heteroatoms. The van der Waals surface area contributed by atoms with Crippen molar-refractivity contribution in [2.24, 2.45) is 0 Å². The van der Waals surface area contributed by atoms with E-state index in [4.69, 9.17) is 5.73 Å². The number of sulfonamides is 1. The zero-order valence-corrected chi connectivity index (χ0v) is 11.9. The Morgan fingerprint density at radius 3 is 2.65 bits per heavy atom. The van der Waals surface area contributed by atoms with Crippen LogP contribution in [-0.4, -0.2) is 50.2 Å². The Hall–Kier alpha value is -1.67. The number of nitrogens with two attached hydrogens (primary N) is 1. The van der Waals surface area contributed by atoms with Crippen LogP contribution in [0.5, 0.6) is 0 Å². The summed E-state index contributed by atoms with van der Waals surface area (Å²) in [5, 5.41) is 0. The van der Waals surface area contributed by atoms with Crippen LogP contribution in [-0.2, 0) is 14.8 Å². The quantitative estimate of drug-likeness (QED) is 0.794. The van der Waals surface area contributed by atoms with Gasteiger partial charge < -0.3 is 10.6 Å². The smallest absolute Gasteiger partial charge is 0.243 e. The Balaban J connectivity index is 2.34. The van der Waals surface area contributed by atoms with E-state index < -0.39 is 15.8 Å². The van der Waals surface area contributed by atoms with Crippen LogP contribution in [0.2, 0.25) is 0 Å². The lowest BCUT2D eigenvalue weighted by Gasteiger charge is -2.19. The highest BCUT2D eigenvalue weighted by Gasteiger charge is 2.30. The molecule has 1 saturated heterocycles. The van der Waals surface area contributed by atoms with Gasteiger partial charge in [0.25, 0.3) is 0 Å². The standard InChI is InChI=1S/C12H16FN3O3S/c1-15-5-2-6-16(8-12(15)17)20(18,19)9-3-4-11(14)10(13)7-9/h3-4,7H,2,5-6,8,14H2,1H3. The van der Waals surface area contributed by atoms with Crippen molar-refractivity contribution in [3.63, 3.8) is 0 Å². The van der Waals surface area contributed by atoms with Crippen molar-refractivity contribution < 1.29 is 17.6 Å². The highest BCUT2D eigenvalue weighted by molar-refractivity contribution is 7.89. The van der Waals surface area contributed by atoms with Gasteiger partial charge in [-0.15, -0.1) is 0 Å². The van der Waals surface area contributed by atoms with Crippen LogP contribution in [0, 0.1) is 5.82 Å². The average molecular weight is 301 g/mol. The van der Waals surface area contributed by atoms with Gasteiger partial charge in [-0.05, 0) is 24.6 Å². The summed E-state index contributed by atoms with van der Waals surface area (Å²) in [6, 6.07) is 3.32. The molecule has 0 spiro atoms. The summed E-state index contributed by atoms with van der Waals surface area (Å²) < 4.78 is 39.3. The van der Waals surface area contributed by atoms with Crippen molar-refractivity contribution in [1.82, 2.24) is 9.21 Å². The molecule has 2 N–H and O–H groups in total. The van der Waals surface area contributed by atoms with E-state index in [1.807, 2.05) is 0 Å². The summed E-state index contributed by atoms with van der Waals surface area (Å²) in [6.07, 6.45) is 0.541. The summed E-state index contributed by atoms with van der Waals surface area (Å²) in [4.78, 5) is 13.0. The predicted octanol–water partition coefficient (Wildman–Crippen LogP) is 0.261. The summed E-state index contributed by atoms with van der Waals surface area (Å²) in [6.45, 7) is 0.496. The Kier molecular flexibility index (Phi) is 3.96. The molecular formula is C12H16FN3O3S. The highest BCUT2D eigenvalue weighted by Crippen LogP contribution is 2.21. The van der Waals surface area contributed by atoms with E-state index in [-0.39, 0.29) is 29.6 Å². The first-order chi connectivity index (χ1) is 9.32. The van der Waals surface area contributed by atoms with Gasteiger partial charge in [-0.2, -0.15) is 4.31 Å². The van der Waals surface area contributed by atoms with Crippen molar-refractivity contribution in [2.75, 3.05) is 32.4 Å². The Bertz CT molecular complexity index is 633. The molecule has 0 radical (unpaired) electrons. The third kappa shape index (κ3) is 2.75. The Morgan fingerprint density at radius 2 is 2.00 bits per heavy atom. The van der Waals surface area contributed by atoms with E-state index in [1.165, 1.54) is 17.0 Å². The molecule has 0 aliphatic carbocycles.